The number of rotatable bonds is 0. The van der Waals surface area contributed by atoms with E-state index in [1.54, 1.807) is 0 Å². The molecule has 0 aromatic heterocycles. The van der Waals surface area contributed by atoms with E-state index in [1.807, 2.05) is 13.8 Å². The van der Waals surface area contributed by atoms with E-state index in [-0.39, 0.29) is 0 Å². The highest BCUT2D eigenvalue weighted by atomic mass is 14.3. The van der Waals surface area contributed by atoms with Crippen molar-refractivity contribution in [2.75, 3.05) is 0 Å². The summed E-state index contributed by atoms with van der Waals surface area (Å²) in [5, 5.41) is 0. The summed E-state index contributed by atoms with van der Waals surface area (Å²) in [5.41, 5.74) is 11.4. The Bertz CT molecular complexity index is 653. The summed E-state index contributed by atoms with van der Waals surface area (Å²) >= 11 is 0. The smallest absolute Gasteiger partial charge is 0.0328 e. The Hall–Kier alpha value is -2.04. The van der Waals surface area contributed by atoms with Gasteiger partial charge in [0.1, 0.15) is 0 Å². The monoisotopic (exact) mass is 218 g/mol. The van der Waals surface area contributed by atoms with Gasteiger partial charge in [0.25, 0.3) is 0 Å². The van der Waals surface area contributed by atoms with E-state index >= 15 is 0 Å². The molecule has 82 valence electrons. The van der Waals surface area contributed by atoms with Crippen LogP contribution in [0.1, 0.15) is 30.5 Å². The average molecular weight is 218 g/mol. The summed E-state index contributed by atoms with van der Waals surface area (Å²) in [6.45, 7) is 4.00. The first-order chi connectivity index (χ1) is 8.45. The highest BCUT2D eigenvalue weighted by molar-refractivity contribution is 6.06. The highest BCUT2D eigenvalue weighted by Crippen LogP contribution is 2.47. The minimum absolute atomic E-state index is 1.27. The molecular weight excluding hydrogens is 204 g/mol. The van der Waals surface area contributed by atoms with E-state index in [9.17, 15) is 0 Å². The molecule has 0 heteroatoms. The largest absolute Gasteiger partial charge is 0.111 e. The molecular formula is C17H14. The summed E-state index contributed by atoms with van der Waals surface area (Å²) in [4.78, 5) is 0. The first-order valence-corrected chi connectivity index (χ1v) is 6.15. The second kappa shape index (κ2) is 3.76. The summed E-state index contributed by atoms with van der Waals surface area (Å²) in [6, 6.07) is 15.0. The molecule has 0 fully saturated rings. The molecule has 0 atom stereocenters. The van der Waals surface area contributed by atoms with Gasteiger partial charge < -0.3 is 0 Å². The lowest BCUT2D eigenvalue weighted by Gasteiger charge is -2.00. The zero-order valence-corrected chi connectivity index (χ0v) is 10.1. The van der Waals surface area contributed by atoms with Gasteiger partial charge >= 0.3 is 0 Å². The van der Waals surface area contributed by atoms with Crippen molar-refractivity contribution in [2.24, 2.45) is 0 Å². The fraction of sp³-hybridized carbons (Fsp3) is 0.118. The van der Waals surface area contributed by atoms with E-state index in [1.165, 1.54) is 33.4 Å². The predicted octanol–water partition coefficient (Wildman–Crippen LogP) is 4.75. The molecule has 0 N–H and O–H groups in total. The van der Waals surface area contributed by atoms with Crippen LogP contribution < -0.4 is 0 Å². The maximum Gasteiger partial charge on any atom is 0.0328 e. The Morgan fingerprint density at radius 1 is 0.765 bits per heavy atom. The lowest BCUT2D eigenvalue weighted by Crippen LogP contribution is -1.79. The zero-order chi connectivity index (χ0) is 11.8. The molecule has 2 aliphatic carbocycles. The lowest BCUT2D eigenvalue weighted by molar-refractivity contribution is 1.50. The van der Waals surface area contributed by atoms with Gasteiger partial charge in [0.15, 0.2) is 0 Å². The lowest BCUT2D eigenvalue weighted by atomic mass is 10.0. The number of hydrogen-bond acceptors (Lipinski definition) is 0. The Morgan fingerprint density at radius 2 is 1.47 bits per heavy atom. The molecule has 0 unspecified atom stereocenters. The van der Waals surface area contributed by atoms with Gasteiger partial charge in [-0.2, -0.15) is 0 Å². The first kappa shape index (κ1) is 10.1. The van der Waals surface area contributed by atoms with Crippen molar-refractivity contribution < 1.29 is 0 Å². The van der Waals surface area contributed by atoms with Crippen LogP contribution in [0.25, 0.3) is 22.8 Å². The van der Waals surface area contributed by atoms with Gasteiger partial charge in [0, 0.05) is 11.1 Å². The van der Waals surface area contributed by atoms with Crippen molar-refractivity contribution in [3.8, 4) is 11.1 Å². The molecule has 0 nitrogen and oxygen atoms in total. The van der Waals surface area contributed by atoms with Crippen molar-refractivity contribution in [1.82, 2.24) is 0 Å². The molecule has 2 aromatic rings. The molecule has 0 saturated carbocycles. The van der Waals surface area contributed by atoms with E-state index in [2.05, 4.69) is 54.3 Å². The second-order valence-electron chi connectivity index (χ2n) is 3.98. The SMILES string of the molecule is C1=Cc2cccc3c2C=1c1ccccc1-3.CC. The third-order valence-electron chi connectivity index (χ3n) is 3.21. The Kier molecular flexibility index (Phi) is 2.24. The van der Waals surface area contributed by atoms with Gasteiger partial charge in [0.05, 0.1) is 0 Å². The summed E-state index contributed by atoms with van der Waals surface area (Å²) in [7, 11) is 0. The van der Waals surface area contributed by atoms with Gasteiger partial charge in [-0.25, -0.2) is 0 Å². The van der Waals surface area contributed by atoms with Crippen LogP contribution in [-0.2, 0) is 0 Å². The molecule has 2 aliphatic rings. The van der Waals surface area contributed by atoms with Gasteiger partial charge in [0.2, 0.25) is 0 Å². The summed E-state index contributed by atoms with van der Waals surface area (Å²) in [6.07, 6.45) is 2.09. The van der Waals surface area contributed by atoms with Crippen LogP contribution in [-0.4, -0.2) is 0 Å². The number of fused-ring (bicyclic) bond motifs is 3. The van der Waals surface area contributed by atoms with Crippen LogP contribution in [0, 0.1) is 0 Å². The molecule has 2 aromatic carbocycles. The zero-order valence-electron chi connectivity index (χ0n) is 10.1. The third kappa shape index (κ3) is 1.25. The summed E-state index contributed by atoms with van der Waals surface area (Å²) in [5.74, 6) is 0. The average Bonchev–Trinajstić information content (AvgIpc) is 2.98. The van der Waals surface area contributed by atoms with Gasteiger partial charge in [-0.3, -0.25) is 0 Å². The van der Waals surface area contributed by atoms with E-state index < -0.39 is 0 Å². The van der Waals surface area contributed by atoms with Gasteiger partial charge in [-0.05, 0) is 28.3 Å². The maximum atomic E-state index is 3.37. The highest BCUT2D eigenvalue weighted by Gasteiger charge is 2.26. The van der Waals surface area contributed by atoms with E-state index in [0.29, 0.717) is 0 Å². The predicted molar refractivity (Wildman–Crippen MR) is 73.7 cm³/mol. The minimum Gasteiger partial charge on any atom is -0.111 e. The van der Waals surface area contributed by atoms with E-state index in [4.69, 9.17) is 0 Å². The van der Waals surface area contributed by atoms with Crippen molar-refractivity contribution in [3.63, 3.8) is 0 Å². The van der Waals surface area contributed by atoms with Crippen LogP contribution in [0.2, 0.25) is 0 Å². The standard InChI is InChI=1S/C15H8.C2H6/c1-2-6-12-11(5-1)13-7-3-4-10-8-9-14(12)15(10)13;1-2/h1-8H;1-2H3. The van der Waals surface area contributed by atoms with Crippen LogP contribution in [0.4, 0.5) is 0 Å². The maximum absolute atomic E-state index is 3.37. The molecule has 0 bridgehead atoms. The first-order valence-electron chi connectivity index (χ1n) is 6.15. The molecule has 0 radical (unpaired) electrons. The van der Waals surface area contributed by atoms with Crippen LogP contribution >= 0.6 is 0 Å². The van der Waals surface area contributed by atoms with Crippen LogP contribution in [0.15, 0.2) is 48.2 Å². The van der Waals surface area contributed by atoms with Crippen LogP contribution in [0.3, 0.4) is 0 Å². The molecule has 0 aliphatic heterocycles. The van der Waals surface area contributed by atoms with Crippen LogP contribution in [0.5, 0.6) is 0 Å². The number of benzene rings is 2. The topological polar surface area (TPSA) is 0 Å². The molecule has 0 saturated heterocycles. The molecule has 0 spiro atoms. The molecule has 0 amide bonds. The molecule has 17 heavy (non-hydrogen) atoms. The Labute approximate surface area is 102 Å². The fourth-order valence-electron chi connectivity index (χ4n) is 2.56. The number of hydrogen-bond donors (Lipinski definition) is 0. The van der Waals surface area contributed by atoms with Crippen molar-refractivity contribution in [1.29, 1.82) is 0 Å². The quantitative estimate of drug-likeness (QED) is 0.374. The van der Waals surface area contributed by atoms with Crippen molar-refractivity contribution in [3.05, 3.63) is 64.9 Å². The molecule has 4 rings (SSSR count). The third-order valence-corrected chi connectivity index (χ3v) is 3.21. The Balaban J connectivity index is 0.000000431. The Morgan fingerprint density at radius 3 is 2.29 bits per heavy atom. The van der Waals surface area contributed by atoms with Gasteiger partial charge in [-0.15, -0.1) is 5.73 Å². The molecule has 0 heterocycles. The van der Waals surface area contributed by atoms with Crippen molar-refractivity contribution >= 4 is 11.6 Å². The van der Waals surface area contributed by atoms with E-state index in [0.717, 1.165) is 0 Å². The fourth-order valence-corrected chi connectivity index (χ4v) is 2.56. The normalized spacial score (nSPS) is 12.5. The second-order valence-corrected chi connectivity index (χ2v) is 3.98. The summed E-state index contributed by atoms with van der Waals surface area (Å²) < 4.78 is 0. The minimum atomic E-state index is 1.27. The van der Waals surface area contributed by atoms with Gasteiger partial charge in [-0.1, -0.05) is 56.3 Å². The van der Waals surface area contributed by atoms with Crippen molar-refractivity contribution in [2.45, 2.75) is 13.8 Å².